The molecule has 0 amide bonds. The van der Waals surface area contributed by atoms with Crippen molar-refractivity contribution in [1.82, 2.24) is 0 Å². The molecule has 0 aliphatic rings. The molecule has 1 aromatic heterocycles. The number of nitriles is 2. The van der Waals surface area contributed by atoms with Crippen molar-refractivity contribution in [2.45, 2.75) is 12.4 Å². The van der Waals surface area contributed by atoms with Crippen LogP contribution in [-0.4, -0.2) is 0 Å². The number of thiophene rings is 1. The lowest BCUT2D eigenvalue weighted by molar-refractivity contribution is -0.143. The third kappa shape index (κ3) is 4.88. The van der Waals surface area contributed by atoms with Crippen LogP contribution < -0.4 is 10.7 Å². The van der Waals surface area contributed by atoms with E-state index in [2.05, 4.69) is 9.98 Å². The minimum absolute atomic E-state index is 0.121. The molecule has 0 saturated carbocycles. The maximum absolute atomic E-state index is 14.4. The standard InChI is InChI=1S/C34H10F10N4S/c35-21-7-15(8-22(36)27(21)33(39,40)41)13-1-3-17-19(5-13)29(47-11-45)31-25(17)26-18-4-2-14(6-20(18)30(48-12-46)32(26)49-31)16-9-23(37)28(24(38)10-16)34(42,43)44/h1-10H. The summed E-state index contributed by atoms with van der Waals surface area (Å²) in [5.41, 5.74) is -4.25. The molecule has 4 nitrogen and oxygen atoms in total. The summed E-state index contributed by atoms with van der Waals surface area (Å²) < 4.78 is 137. The minimum Gasteiger partial charge on any atom is -0.206 e. The van der Waals surface area contributed by atoms with Gasteiger partial charge in [-0.3, -0.25) is 0 Å². The Bertz CT molecular complexity index is 2530. The van der Waals surface area contributed by atoms with Crippen LogP contribution in [0.15, 0.2) is 70.6 Å². The third-order valence-electron chi connectivity index (χ3n) is 8.07. The van der Waals surface area contributed by atoms with Crippen LogP contribution in [-0.2, 0) is 12.4 Å². The molecule has 0 aliphatic carbocycles. The largest absolute Gasteiger partial charge is 0.422 e. The molecule has 6 aromatic carbocycles. The molecule has 0 atom stereocenters. The van der Waals surface area contributed by atoms with Gasteiger partial charge in [-0.05, 0) is 69.4 Å². The van der Waals surface area contributed by atoms with Gasteiger partial charge in [-0.2, -0.15) is 46.9 Å². The summed E-state index contributed by atoms with van der Waals surface area (Å²) in [5, 5.41) is 22.0. The van der Waals surface area contributed by atoms with E-state index in [0.717, 1.165) is 11.3 Å². The quantitative estimate of drug-likeness (QED) is 0.133. The Morgan fingerprint density at radius 3 is 1.14 bits per heavy atom. The molecular weight excluding hydrogens is 686 g/mol. The van der Waals surface area contributed by atoms with Gasteiger partial charge in [0.2, 0.25) is 12.4 Å². The predicted molar refractivity (Wildman–Crippen MR) is 160 cm³/mol. The first-order valence-electron chi connectivity index (χ1n) is 13.7. The van der Waals surface area contributed by atoms with Crippen molar-refractivity contribution in [1.29, 1.82) is 10.5 Å². The van der Waals surface area contributed by atoms with Crippen LogP contribution in [0, 0.1) is 46.2 Å². The molecule has 7 aromatic rings. The van der Waals surface area contributed by atoms with Gasteiger partial charge < -0.3 is 0 Å². The highest BCUT2D eigenvalue weighted by Gasteiger charge is 2.39. The first-order chi connectivity index (χ1) is 23.1. The van der Waals surface area contributed by atoms with E-state index in [9.17, 15) is 54.4 Å². The maximum Gasteiger partial charge on any atom is 0.422 e. The van der Waals surface area contributed by atoms with Gasteiger partial charge in [-0.15, -0.1) is 11.3 Å². The van der Waals surface area contributed by atoms with Crippen molar-refractivity contribution in [2.24, 2.45) is 9.98 Å². The lowest BCUT2D eigenvalue weighted by Crippen LogP contribution is -2.11. The smallest absolute Gasteiger partial charge is 0.206 e. The van der Waals surface area contributed by atoms with Crippen LogP contribution >= 0.6 is 11.3 Å². The van der Waals surface area contributed by atoms with Gasteiger partial charge >= 0.3 is 12.4 Å². The second-order valence-corrected chi connectivity index (χ2v) is 11.8. The molecule has 7 rings (SSSR count). The van der Waals surface area contributed by atoms with Gasteiger partial charge in [0.25, 0.3) is 0 Å². The highest BCUT2D eigenvalue weighted by atomic mass is 32.1. The fraction of sp³-hybridized carbons (Fsp3) is 0.0588. The van der Waals surface area contributed by atoms with Crippen LogP contribution in [0.3, 0.4) is 0 Å². The minimum atomic E-state index is -5.26. The molecule has 15 heteroatoms. The molecule has 49 heavy (non-hydrogen) atoms. The molecule has 0 N–H and O–H groups in total. The van der Waals surface area contributed by atoms with Gasteiger partial charge in [0, 0.05) is 21.5 Å². The molecule has 0 aliphatic heterocycles. The highest BCUT2D eigenvalue weighted by Crippen LogP contribution is 2.44. The van der Waals surface area contributed by atoms with Gasteiger partial charge in [-0.1, -0.05) is 24.3 Å². The summed E-state index contributed by atoms with van der Waals surface area (Å²) in [5.74, 6) is -7.25. The Hall–Kier alpha value is -5.80. The van der Waals surface area contributed by atoms with E-state index in [1.165, 1.54) is 36.4 Å². The average molecular weight is 697 g/mol. The number of halogens is 10. The predicted octanol–water partition coefficient (Wildman–Crippen LogP) is 9.93. The number of hydrogen-bond donors (Lipinski definition) is 0. The topological polar surface area (TPSA) is 72.3 Å². The number of nitrogens with zero attached hydrogens (tertiary/aromatic N) is 4. The lowest BCUT2D eigenvalue weighted by Gasteiger charge is -2.11. The zero-order chi connectivity index (χ0) is 35.2. The van der Waals surface area contributed by atoms with Crippen LogP contribution in [0.4, 0.5) is 43.9 Å². The summed E-state index contributed by atoms with van der Waals surface area (Å²) in [6.45, 7) is 0. The van der Waals surface area contributed by atoms with E-state index in [1.807, 2.05) is 0 Å². The van der Waals surface area contributed by atoms with Crippen molar-refractivity contribution in [3.05, 3.63) is 106 Å². The zero-order valence-electron chi connectivity index (χ0n) is 23.8. The monoisotopic (exact) mass is 696 g/mol. The van der Waals surface area contributed by atoms with Crippen LogP contribution in [0.25, 0.3) is 64.0 Å². The molecule has 242 valence electrons. The fourth-order valence-electron chi connectivity index (χ4n) is 6.14. The number of rotatable bonds is 2. The molecule has 0 saturated heterocycles. The second kappa shape index (κ2) is 10.9. The van der Waals surface area contributed by atoms with E-state index in [4.69, 9.17) is 0 Å². The summed E-state index contributed by atoms with van der Waals surface area (Å²) in [6, 6.07) is 10.9. The third-order valence-corrected chi connectivity index (χ3v) is 9.27. The molecule has 0 radical (unpaired) electrons. The van der Waals surface area contributed by atoms with Crippen molar-refractivity contribution in [2.75, 3.05) is 0 Å². The Kier molecular flexibility index (Phi) is 7.05. The SMILES string of the molecule is N#CN=c1c2cc(-c3cc(F)c(C(F)(F)F)c(F)c3)ccc2c2c1sc1c(=NC#N)c3cc(-c4cc(F)c(C(F)(F)F)c(F)c4)ccc3c12. The average Bonchev–Trinajstić information content (AvgIpc) is 3.62. The first-order valence-corrected chi connectivity index (χ1v) is 14.5. The van der Waals surface area contributed by atoms with Crippen molar-refractivity contribution >= 4 is 53.1 Å². The molecule has 0 bridgehead atoms. The van der Waals surface area contributed by atoms with Gasteiger partial charge in [-0.25, -0.2) is 17.6 Å². The Balaban J connectivity index is 1.48. The molecule has 1 heterocycles. The number of benzene rings is 4. The number of hydrogen-bond acceptors (Lipinski definition) is 5. The fourth-order valence-corrected chi connectivity index (χ4v) is 7.48. The van der Waals surface area contributed by atoms with Crippen molar-refractivity contribution in [3.8, 4) is 34.6 Å². The van der Waals surface area contributed by atoms with E-state index >= 15 is 0 Å². The zero-order valence-corrected chi connectivity index (χ0v) is 24.6. The summed E-state index contributed by atoms with van der Waals surface area (Å²) in [7, 11) is 0. The Labute approximate surface area is 270 Å². The molecule has 0 fully saturated rings. The molecule has 0 spiro atoms. The lowest BCUT2D eigenvalue weighted by atomic mass is 9.99. The van der Waals surface area contributed by atoms with E-state index in [-0.39, 0.29) is 33.0 Å². The summed E-state index contributed by atoms with van der Waals surface area (Å²) in [4.78, 5) is 7.87. The second-order valence-electron chi connectivity index (χ2n) is 10.8. The van der Waals surface area contributed by atoms with Crippen molar-refractivity contribution in [3.63, 3.8) is 0 Å². The summed E-state index contributed by atoms with van der Waals surface area (Å²) in [6.07, 6.45) is -7.13. The van der Waals surface area contributed by atoms with Gasteiger partial charge in [0.15, 0.2) is 0 Å². The van der Waals surface area contributed by atoms with E-state index < -0.39 is 46.7 Å². The van der Waals surface area contributed by atoms with Crippen molar-refractivity contribution < 1.29 is 43.9 Å². The van der Waals surface area contributed by atoms with Crippen LogP contribution in [0.2, 0.25) is 0 Å². The normalized spacial score (nSPS) is 13.3. The van der Waals surface area contributed by atoms with E-state index in [0.29, 0.717) is 66.0 Å². The van der Waals surface area contributed by atoms with Gasteiger partial charge in [0.1, 0.15) is 45.1 Å². The van der Waals surface area contributed by atoms with Crippen LogP contribution in [0.1, 0.15) is 11.1 Å². The summed E-state index contributed by atoms with van der Waals surface area (Å²) >= 11 is 1.09. The highest BCUT2D eigenvalue weighted by molar-refractivity contribution is 7.26. The van der Waals surface area contributed by atoms with E-state index in [1.54, 1.807) is 12.4 Å². The number of fused-ring (bicyclic) bond motifs is 7. The first kappa shape index (κ1) is 31.8. The van der Waals surface area contributed by atoms with Gasteiger partial charge in [0.05, 0.1) is 9.40 Å². The Morgan fingerprint density at radius 2 is 0.837 bits per heavy atom. The number of alkyl halides is 6. The molecule has 0 unspecified atom stereocenters. The van der Waals surface area contributed by atoms with Crippen LogP contribution in [0.5, 0.6) is 0 Å². The molecular formula is C34H10F10N4S. The maximum atomic E-state index is 14.4. The Morgan fingerprint density at radius 1 is 0.490 bits per heavy atom.